The molecule has 1 N–H and O–H groups in total. The van der Waals surface area contributed by atoms with Crippen molar-refractivity contribution in [2.24, 2.45) is 5.92 Å². The van der Waals surface area contributed by atoms with Gasteiger partial charge >= 0.3 is 0 Å². The minimum absolute atomic E-state index is 0.0254. The van der Waals surface area contributed by atoms with Gasteiger partial charge in [-0.3, -0.25) is 14.9 Å². The summed E-state index contributed by atoms with van der Waals surface area (Å²) in [5, 5.41) is 22.4. The molecular weight excluding hydrogens is 296 g/mol. The Balaban J connectivity index is 2.05. The van der Waals surface area contributed by atoms with Gasteiger partial charge in [0.2, 0.25) is 0 Å². The lowest BCUT2D eigenvalue weighted by molar-refractivity contribution is -0.384. The van der Waals surface area contributed by atoms with Crippen molar-refractivity contribution in [3.63, 3.8) is 0 Å². The molecule has 1 aromatic rings. The molecular formula is C16H18N4O3. The Labute approximate surface area is 134 Å². The highest BCUT2D eigenvalue weighted by Crippen LogP contribution is 2.18. The number of amides is 1. The van der Waals surface area contributed by atoms with Crippen LogP contribution in [0.4, 0.5) is 11.4 Å². The first-order valence-corrected chi connectivity index (χ1v) is 7.41. The topological polar surface area (TPSA) is 99.3 Å². The summed E-state index contributed by atoms with van der Waals surface area (Å²) < 4.78 is 0. The second-order valence-electron chi connectivity index (χ2n) is 5.66. The number of hydrogen-bond donors (Lipinski definition) is 1. The molecule has 0 bridgehead atoms. The Bertz CT molecular complexity index is 661. The number of carbonyl (C=O) groups excluding carboxylic acids is 1. The molecule has 23 heavy (non-hydrogen) atoms. The van der Waals surface area contributed by atoms with E-state index in [1.165, 1.54) is 24.3 Å². The first-order chi connectivity index (χ1) is 11.0. The number of carbonyl (C=O) groups is 1. The van der Waals surface area contributed by atoms with Gasteiger partial charge in [-0.15, -0.1) is 0 Å². The van der Waals surface area contributed by atoms with Gasteiger partial charge in [-0.1, -0.05) is 6.92 Å². The Kier molecular flexibility index (Phi) is 5.31. The van der Waals surface area contributed by atoms with Gasteiger partial charge in [-0.2, -0.15) is 5.26 Å². The predicted molar refractivity (Wildman–Crippen MR) is 85.4 cm³/mol. The molecule has 1 aromatic carbocycles. The molecule has 1 aliphatic heterocycles. The van der Waals surface area contributed by atoms with Crippen LogP contribution in [0.2, 0.25) is 0 Å². The maximum atomic E-state index is 12.2. The lowest BCUT2D eigenvalue weighted by Gasteiger charge is -2.29. The molecule has 120 valence electrons. The summed E-state index contributed by atoms with van der Waals surface area (Å²) in [6.07, 6.45) is 3.79. The first kappa shape index (κ1) is 16.5. The van der Waals surface area contributed by atoms with Gasteiger partial charge < -0.3 is 10.2 Å². The third kappa shape index (κ3) is 4.54. The lowest BCUT2D eigenvalue weighted by atomic mass is 10.0. The van der Waals surface area contributed by atoms with Crippen molar-refractivity contribution in [2.75, 3.05) is 18.4 Å². The largest absolute Gasteiger partial charge is 0.376 e. The number of hydrogen-bond acceptors (Lipinski definition) is 5. The molecule has 0 aliphatic carbocycles. The van der Waals surface area contributed by atoms with Crippen LogP contribution in [0.25, 0.3) is 0 Å². The van der Waals surface area contributed by atoms with Crippen molar-refractivity contribution >= 4 is 17.3 Å². The summed E-state index contributed by atoms with van der Waals surface area (Å²) >= 11 is 0. The first-order valence-electron chi connectivity index (χ1n) is 7.41. The Hall–Kier alpha value is -2.88. The molecule has 1 fully saturated rings. The van der Waals surface area contributed by atoms with E-state index in [1.807, 2.05) is 11.0 Å². The van der Waals surface area contributed by atoms with E-state index >= 15 is 0 Å². The van der Waals surface area contributed by atoms with Gasteiger partial charge in [-0.25, -0.2) is 0 Å². The molecule has 2 rings (SSSR count). The van der Waals surface area contributed by atoms with E-state index < -0.39 is 10.8 Å². The number of piperidine rings is 1. The molecule has 0 saturated carbocycles. The third-order valence-electron chi connectivity index (χ3n) is 3.70. The van der Waals surface area contributed by atoms with E-state index in [4.69, 9.17) is 0 Å². The molecule has 7 nitrogen and oxygen atoms in total. The number of nitro benzene ring substituents is 1. The van der Waals surface area contributed by atoms with Crippen LogP contribution in [0.1, 0.15) is 19.8 Å². The summed E-state index contributed by atoms with van der Waals surface area (Å²) in [7, 11) is 0. The van der Waals surface area contributed by atoms with Crippen molar-refractivity contribution in [1.82, 2.24) is 4.90 Å². The molecule has 0 radical (unpaired) electrons. The Morgan fingerprint density at radius 1 is 1.48 bits per heavy atom. The van der Waals surface area contributed by atoms with E-state index in [0.717, 1.165) is 25.9 Å². The van der Waals surface area contributed by atoms with Gasteiger partial charge in [0.25, 0.3) is 11.6 Å². The average molecular weight is 314 g/mol. The van der Waals surface area contributed by atoms with Crippen LogP contribution in [0.3, 0.4) is 0 Å². The van der Waals surface area contributed by atoms with Crippen molar-refractivity contribution < 1.29 is 9.72 Å². The van der Waals surface area contributed by atoms with E-state index in [-0.39, 0.29) is 11.3 Å². The summed E-state index contributed by atoms with van der Waals surface area (Å²) in [4.78, 5) is 24.2. The number of likely N-dealkylation sites (tertiary alicyclic amines) is 1. The minimum atomic E-state index is -0.514. The highest BCUT2D eigenvalue weighted by atomic mass is 16.6. The molecule has 1 saturated heterocycles. The highest BCUT2D eigenvalue weighted by Gasteiger charge is 2.17. The number of non-ortho nitro benzene ring substituents is 1. The second kappa shape index (κ2) is 7.40. The summed E-state index contributed by atoms with van der Waals surface area (Å²) in [5.41, 5.74) is 0.382. The summed E-state index contributed by atoms with van der Waals surface area (Å²) in [6.45, 7) is 3.80. The van der Waals surface area contributed by atoms with Crippen molar-refractivity contribution in [3.8, 4) is 6.07 Å². The number of nitrogens with zero attached hydrogens (tertiary/aromatic N) is 3. The zero-order chi connectivity index (χ0) is 16.8. The fourth-order valence-corrected chi connectivity index (χ4v) is 2.53. The number of anilines is 1. The standard InChI is InChI=1S/C16H18N4O3/c1-12-3-2-8-19(10-12)11-13(9-17)16(21)18-14-4-6-15(7-5-14)20(22)23/h4-7,11-12H,2-3,8,10H2,1H3,(H,18,21)/b13-11-. The van der Waals surface area contributed by atoms with Gasteiger partial charge in [0.15, 0.2) is 0 Å². The lowest BCUT2D eigenvalue weighted by Crippen LogP contribution is -2.31. The highest BCUT2D eigenvalue weighted by molar-refractivity contribution is 6.06. The van der Waals surface area contributed by atoms with Crippen LogP contribution in [0.5, 0.6) is 0 Å². The number of nitriles is 1. The van der Waals surface area contributed by atoms with E-state index in [9.17, 15) is 20.2 Å². The molecule has 0 spiro atoms. The fourth-order valence-electron chi connectivity index (χ4n) is 2.53. The summed E-state index contributed by atoms with van der Waals surface area (Å²) in [6, 6.07) is 7.40. The fraction of sp³-hybridized carbons (Fsp3) is 0.375. The van der Waals surface area contributed by atoms with Gasteiger partial charge in [0.1, 0.15) is 11.6 Å². The Morgan fingerprint density at radius 2 is 2.17 bits per heavy atom. The van der Waals surface area contributed by atoms with Gasteiger partial charge in [0, 0.05) is 37.1 Å². The Morgan fingerprint density at radius 3 is 2.74 bits per heavy atom. The monoisotopic (exact) mass is 314 g/mol. The van der Waals surface area contributed by atoms with Crippen LogP contribution in [-0.4, -0.2) is 28.8 Å². The number of benzene rings is 1. The SMILES string of the molecule is CC1CCCN(/C=C(/C#N)C(=O)Nc2ccc([N+](=O)[O-])cc2)C1. The molecule has 1 amide bonds. The van der Waals surface area contributed by atoms with Gasteiger partial charge in [-0.05, 0) is 30.9 Å². The predicted octanol–water partition coefficient (Wildman–Crippen LogP) is 2.67. The van der Waals surface area contributed by atoms with E-state index in [1.54, 1.807) is 6.20 Å². The molecule has 1 atom stereocenters. The summed E-state index contributed by atoms with van der Waals surface area (Å²) in [5.74, 6) is 0.0252. The zero-order valence-corrected chi connectivity index (χ0v) is 12.9. The maximum absolute atomic E-state index is 12.2. The average Bonchev–Trinajstić information content (AvgIpc) is 2.53. The van der Waals surface area contributed by atoms with Crippen LogP contribution in [0.15, 0.2) is 36.0 Å². The quantitative estimate of drug-likeness (QED) is 0.398. The van der Waals surface area contributed by atoms with Crippen LogP contribution >= 0.6 is 0 Å². The molecule has 1 heterocycles. The molecule has 1 aliphatic rings. The maximum Gasteiger partial charge on any atom is 0.269 e. The van der Waals surface area contributed by atoms with Crippen LogP contribution < -0.4 is 5.32 Å². The number of nitrogens with one attached hydrogen (secondary N) is 1. The minimum Gasteiger partial charge on any atom is -0.376 e. The molecule has 0 aromatic heterocycles. The van der Waals surface area contributed by atoms with Gasteiger partial charge in [0.05, 0.1) is 4.92 Å². The molecule has 7 heteroatoms. The normalized spacial score (nSPS) is 18.2. The van der Waals surface area contributed by atoms with Crippen molar-refractivity contribution in [1.29, 1.82) is 5.26 Å². The third-order valence-corrected chi connectivity index (χ3v) is 3.70. The van der Waals surface area contributed by atoms with E-state index in [2.05, 4.69) is 12.2 Å². The van der Waals surface area contributed by atoms with Crippen molar-refractivity contribution in [2.45, 2.75) is 19.8 Å². The number of nitro groups is 1. The number of rotatable bonds is 4. The zero-order valence-electron chi connectivity index (χ0n) is 12.9. The van der Waals surface area contributed by atoms with Crippen LogP contribution in [-0.2, 0) is 4.79 Å². The molecule has 1 unspecified atom stereocenters. The van der Waals surface area contributed by atoms with Crippen LogP contribution in [0, 0.1) is 27.4 Å². The van der Waals surface area contributed by atoms with Crippen molar-refractivity contribution in [3.05, 3.63) is 46.2 Å². The smallest absolute Gasteiger partial charge is 0.269 e. The second-order valence-corrected chi connectivity index (χ2v) is 5.66. The van der Waals surface area contributed by atoms with E-state index in [0.29, 0.717) is 11.6 Å².